The number of tetrazole rings is 1. The van der Waals surface area contributed by atoms with Crippen molar-refractivity contribution < 1.29 is 13.2 Å². The number of hydrogen-bond acceptors (Lipinski definition) is 7. The van der Waals surface area contributed by atoms with Crippen LogP contribution in [0.25, 0.3) is 0 Å². The van der Waals surface area contributed by atoms with Crippen molar-refractivity contribution in [1.82, 2.24) is 25.2 Å². The van der Waals surface area contributed by atoms with E-state index in [0.717, 1.165) is 42.3 Å². The van der Waals surface area contributed by atoms with Crippen molar-refractivity contribution >= 4 is 21.6 Å². The van der Waals surface area contributed by atoms with Gasteiger partial charge in [0.25, 0.3) is 11.1 Å². The largest absolute Gasteiger partial charge is 0.309 e. The van der Waals surface area contributed by atoms with Crippen molar-refractivity contribution in [3.05, 3.63) is 23.9 Å². The van der Waals surface area contributed by atoms with Crippen LogP contribution in [0.1, 0.15) is 43.7 Å². The van der Waals surface area contributed by atoms with Gasteiger partial charge in [0.1, 0.15) is 5.82 Å². The molecule has 0 aliphatic heterocycles. The SMILES string of the molecule is Cc1ccc(NC(=O)[C@H](CC2CCCC2)n2nnc(S(C)(=O)=O)n2)nc1. The van der Waals surface area contributed by atoms with E-state index in [-0.39, 0.29) is 11.1 Å². The first kappa shape index (κ1) is 18.4. The Hall–Kier alpha value is -2.36. The van der Waals surface area contributed by atoms with Gasteiger partial charge in [-0.2, -0.15) is 4.80 Å². The lowest BCUT2D eigenvalue weighted by Crippen LogP contribution is -2.29. The van der Waals surface area contributed by atoms with Gasteiger partial charge in [0.05, 0.1) is 0 Å². The summed E-state index contributed by atoms with van der Waals surface area (Å²) in [6, 6.07) is 2.84. The topological polar surface area (TPSA) is 120 Å². The van der Waals surface area contributed by atoms with Gasteiger partial charge >= 0.3 is 0 Å². The second kappa shape index (κ2) is 7.48. The molecule has 2 aromatic rings. The second-order valence-electron chi connectivity index (χ2n) is 6.78. The molecule has 2 heterocycles. The summed E-state index contributed by atoms with van der Waals surface area (Å²) >= 11 is 0. The van der Waals surface area contributed by atoms with Gasteiger partial charge in [-0.15, -0.1) is 5.10 Å². The molecule has 0 aromatic carbocycles. The zero-order valence-electron chi connectivity index (χ0n) is 14.8. The number of nitrogens with zero attached hydrogens (tertiary/aromatic N) is 5. The van der Waals surface area contributed by atoms with Crippen LogP contribution in [-0.2, 0) is 14.6 Å². The molecule has 0 saturated heterocycles. The summed E-state index contributed by atoms with van der Waals surface area (Å²) in [7, 11) is -3.58. The highest BCUT2D eigenvalue weighted by Gasteiger charge is 2.30. The zero-order valence-corrected chi connectivity index (χ0v) is 15.6. The molecule has 0 bridgehead atoms. The van der Waals surface area contributed by atoms with Crippen LogP contribution in [0.5, 0.6) is 0 Å². The number of anilines is 1. The molecule has 0 radical (unpaired) electrons. The second-order valence-corrected chi connectivity index (χ2v) is 8.69. The molecule has 1 aliphatic rings. The number of rotatable bonds is 6. The number of carbonyl (C=O) groups is 1. The third-order valence-electron chi connectivity index (χ3n) is 4.52. The Balaban J connectivity index is 1.83. The van der Waals surface area contributed by atoms with Crippen molar-refractivity contribution in [2.75, 3.05) is 11.6 Å². The number of amides is 1. The van der Waals surface area contributed by atoms with E-state index >= 15 is 0 Å². The van der Waals surface area contributed by atoms with Gasteiger partial charge in [0.2, 0.25) is 9.84 Å². The summed E-state index contributed by atoms with van der Waals surface area (Å²) in [5, 5.41) is 13.7. The number of pyridine rings is 1. The molecule has 9 nitrogen and oxygen atoms in total. The minimum atomic E-state index is -3.58. The van der Waals surface area contributed by atoms with Gasteiger partial charge in [-0.1, -0.05) is 36.8 Å². The van der Waals surface area contributed by atoms with Crippen molar-refractivity contribution in [1.29, 1.82) is 0 Å². The fourth-order valence-corrected chi connectivity index (χ4v) is 3.53. The van der Waals surface area contributed by atoms with Crippen LogP contribution in [0.2, 0.25) is 0 Å². The van der Waals surface area contributed by atoms with Crippen LogP contribution >= 0.6 is 0 Å². The fourth-order valence-electron chi connectivity index (χ4n) is 3.11. The molecule has 1 N–H and O–H groups in total. The minimum absolute atomic E-state index is 0.328. The van der Waals surface area contributed by atoms with Crippen LogP contribution in [0.15, 0.2) is 23.5 Å². The average Bonchev–Trinajstić information content (AvgIpc) is 3.25. The number of hydrogen-bond donors (Lipinski definition) is 1. The monoisotopic (exact) mass is 378 g/mol. The molecule has 10 heteroatoms. The lowest BCUT2D eigenvalue weighted by Gasteiger charge is -2.18. The number of sulfone groups is 1. The van der Waals surface area contributed by atoms with Crippen LogP contribution in [-0.4, -0.2) is 45.8 Å². The summed E-state index contributed by atoms with van der Waals surface area (Å²) in [5.41, 5.74) is 0.987. The van der Waals surface area contributed by atoms with Gasteiger partial charge < -0.3 is 5.32 Å². The number of nitrogens with one attached hydrogen (secondary N) is 1. The first-order chi connectivity index (χ1) is 12.3. The van der Waals surface area contributed by atoms with E-state index in [1.54, 1.807) is 12.3 Å². The Labute approximate surface area is 152 Å². The van der Waals surface area contributed by atoms with Gasteiger partial charge in [0.15, 0.2) is 6.04 Å². The Morgan fingerprint density at radius 1 is 1.35 bits per heavy atom. The lowest BCUT2D eigenvalue weighted by molar-refractivity contribution is -0.120. The van der Waals surface area contributed by atoms with Crippen LogP contribution in [0.4, 0.5) is 5.82 Å². The third kappa shape index (κ3) is 4.43. The zero-order chi connectivity index (χ0) is 18.7. The standard InChI is InChI=1S/C16H22N6O3S/c1-11-7-8-14(17-10-11)18-15(23)13(9-12-5-3-4-6-12)22-20-16(19-21-22)26(2,24)25/h7-8,10,12-13H,3-6,9H2,1-2H3,(H,17,18,23)/t13-/m0/s1. The highest BCUT2D eigenvalue weighted by molar-refractivity contribution is 7.90. The van der Waals surface area contributed by atoms with Crippen molar-refractivity contribution in [2.24, 2.45) is 5.92 Å². The Morgan fingerprint density at radius 3 is 2.65 bits per heavy atom. The molecule has 0 spiro atoms. The summed E-state index contributed by atoms with van der Waals surface area (Å²) < 4.78 is 23.2. The van der Waals surface area contributed by atoms with E-state index in [2.05, 4.69) is 25.7 Å². The number of aryl methyl sites for hydroxylation is 1. The molecule has 1 atom stereocenters. The van der Waals surface area contributed by atoms with E-state index in [0.29, 0.717) is 18.2 Å². The first-order valence-electron chi connectivity index (χ1n) is 8.56. The molecule has 26 heavy (non-hydrogen) atoms. The maximum absolute atomic E-state index is 12.8. The van der Waals surface area contributed by atoms with E-state index in [1.807, 2.05) is 13.0 Å². The highest BCUT2D eigenvalue weighted by atomic mass is 32.2. The fraction of sp³-hybridized carbons (Fsp3) is 0.562. The van der Waals surface area contributed by atoms with Crippen LogP contribution < -0.4 is 5.32 Å². The van der Waals surface area contributed by atoms with Gasteiger partial charge in [-0.25, -0.2) is 13.4 Å². The van der Waals surface area contributed by atoms with Crippen LogP contribution in [0, 0.1) is 12.8 Å². The predicted molar refractivity (Wildman–Crippen MR) is 94.1 cm³/mol. The predicted octanol–water partition coefficient (Wildman–Crippen LogP) is 1.54. The molecule has 0 unspecified atom stereocenters. The van der Waals surface area contributed by atoms with Crippen molar-refractivity contribution in [3.63, 3.8) is 0 Å². The molecule has 1 aliphatic carbocycles. The molecule has 1 amide bonds. The Kier molecular flexibility index (Phi) is 5.30. The van der Waals surface area contributed by atoms with Crippen molar-refractivity contribution in [3.8, 4) is 0 Å². The highest BCUT2D eigenvalue weighted by Crippen LogP contribution is 2.32. The van der Waals surface area contributed by atoms with Crippen molar-refractivity contribution in [2.45, 2.75) is 50.2 Å². The van der Waals surface area contributed by atoms with Crippen LogP contribution in [0.3, 0.4) is 0 Å². The van der Waals surface area contributed by atoms with Gasteiger partial charge in [-0.05, 0) is 36.1 Å². The molecular formula is C16H22N6O3S. The maximum Gasteiger partial charge on any atom is 0.288 e. The molecule has 140 valence electrons. The summed E-state index contributed by atoms with van der Waals surface area (Å²) in [6.45, 7) is 1.91. The summed E-state index contributed by atoms with van der Waals surface area (Å²) in [5.74, 6) is 0.482. The normalized spacial score (nSPS) is 16.5. The summed E-state index contributed by atoms with van der Waals surface area (Å²) in [6.07, 6.45) is 7.57. The quantitative estimate of drug-likeness (QED) is 0.809. The Morgan fingerprint density at radius 2 is 2.08 bits per heavy atom. The third-order valence-corrected chi connectivity index (χ3v) is 5.34. The average molecular weight is 378 g/mol. The minimum Gasteiger partial charge on any atom is -0.309 e. The maximum atomic E-state index is 12.8. The van der Waals surface area contributed by atoms with Gasteiger partial charge in [0, 0.05) is 12.5 Å². The van der Waals surface area contributed by atoms with E-state index in [9.17, 15) is 13.2 Å². The van der Waals surface area contributed by atoms with E-state index < -0.39 is 15.9 Å². The molecule has 1 saturated carbocycles. The van der Waals surface area contributed by atoms with E-state index in [4.69, 9.17) is 0 Å². The van der Waals surface area contributed by atoms with E-state index in [1.165, 1.54) is 0 Å². The first-order valence-corrected chi connectivity index (χ1v) is 10.4. The number of aromatic nitrogens is 5. The molecule has 3 rings (SSSR count). The summed E-state index contributed by atoms with van der Waals surface area (Å²) in [4.78, 5) is 18.1. The van der Waals surface area contributed by atoms with Gasteiger partial charge in [-0.3, -0.25) is 4.79 Å². The Bertz CT molecular complexity index is 872. The lowest BCUT2D eigenvalue weighted by atomic mass is 9.98. The number of carbonyl (C=O) groups excluding carboxylic acids is 1. The molecule has 1 fully saturated rings. The smallest absolute Gasteiger partial charge is 0.288 e. The molecular weight excluding hydrogens is 356 g/mol. The molecule has 2 aromatic heterocycles.